The summed E-state index contributed by atoms with van der Waals surface area (Å²) in [6.07, 6.45) is 3.69. The van der Waals surface area contributed by atoms with E-state index in [0.717, 1.165) is 33.4 Å². The van der Waals surface area contributed by atoms with Gasteiger partial charge in [-0.15, -0.1) is 0 Å². The molecule has 0 aliphatic carbocycles. The molecular formula is C27H29N3O3. The van der Waals surface area contributed by atoms with Crippen LogP contribution in [0.15, 0.2) is 67.1 Å². The topological polar surface area (TPSA) is 77.1 Å². The van der Waals surface area contributed by atoms with Gasteiger partial charge in [0.05, 0.1) is 42.5 Å². The van der Waals surface area contributed by atoms with Crippen molar-refractivity contribution in [3.8, 4) is 0 Å². The number of rotatable bonds is 9. The summed E-state index contributed by atoms with van der Waals surface area (Å²) in [4.78, 5) is 24.9. The first-order chi connectivity index (χ1) is 16.0. The zero-order valence-electron chi connectivity index (χ0n) is 19.2. The summed E-state index contributed by atoms with van der Waals surface area (Å²) < 4.78 is 11.8. The summed E-state index contributed by atoms with van der Waals surface area (Å²) in [5.74, 6) is -0.0356. The molecule has 0 aliphatic heterocycles. The minimum Gasteiger partial charge on any atom is -0.462 e. The van der Waals surface area contributed by atoms with Gasteiger partial charge in [0, 0.05) is 17.5 Å². The smallest absolute Gasteiger partial charge is 0.338 e. The molecule has 2 aromatic heterocycles. The predicted octanol–water partition coefficient (Wildman–Crippen LogP) is 5.58. The predicted molar refractivity (Wildman–Crippen MR) is 128 cm³/mol. The molecule has 4 aromatic rings. The van der Waals surface area contributed by atoms with Gasteiger partial charge in [0.15, 0.2) is 0 Å². The molecule has 1 unspecified atom stereocenters. The molecule has 170 valence electrons. The van der Waals surface area contributed by atoms with Gasteiger partial charge < -0.3 is 14.5 Å². The highest BCUT2D eigenvalue weighted by Gasteiger charge is 2.20. The van der Waals surface area contributed by atoms with Crippen molar-refractivity contribution in [1.29, 1.82) is 0 Å². The molecule has 6 heteroatoms. The molecule has 6 nitrogen and oxygen atoms in total. The van der Waals surface area contributed by atoms with Crippen molar-refractivity contribution < 1.29 is 14.3 Å². The number of ether oxygens (including phenoxy) is 2. The Balaban J connectivity index is 1.54. The summed E-state index contributed by atoms with van der Waals surface area (Å²) >= 11 is 0. The number of para-hydroxylation sites is 1. The molecule has 2 aromatic carbocycles. The van der Waals surface area contributed by atoms with Crippen LogP contribution in [0, 0.1) is 12.8 Å². The Labute approximate surface area is 194 Å². The molecule has 0 amide bonds. The summed E-state index contributed by atoms with van der Waals surface area (Å²) in [5.41, 5.74) is 4.99. The number of hydrogen-bond acceptors (Lipinski definition) is 5. The number of fused-ring (bicyclic) bond motifs is 1. The number of nitrogens with zero attached hydrogens (tertiary/aromatic N) is 2. The number of hydrogen-bond donors (Lipinski definition) is 1. The summed E-state index contributed by atoms with van der Waals surface area (Å²) in [6, 6.07) is 17.9. The van der Waals surface area contributed by atoms with Crippen LogP contribution in [-0.4, -0.2) is 27.5 Å². The van der Waals surface area contributed by atoms with Gasteiger partial charge in [-0.25, -0.2) is 9.78 Å². The van der Waals surface area contributed by atoms with Crippen molar-refractivity contribution in [3.05, 3.63) is 95.2 Å². The number of esters is 1. The average molecular weight is 444 g/mol. The number of imidazole rings is 1. The van der Waals surface area contributed by atoms with Crippen LogP contribution in [0.25, 0.3) is 10.9 Å². The second-order valence-corrected chi connectivity index (χ2v) is 8.61. The minimum atomic E-state index is -0.310. The van der Waals surface area contributed by atoms with Crippen LogP contribution in [0.2, 0.25) is 0 Å². The van der Waals surface area contributed by atoms with E-state index in [1.807, 2.05) is 69.3 Å². The SMILES string of the molecule is Cc1cccc(COC(Cc2ccc3ccccc3n2)c2cnc[nH]2)c1C(=O)OCC(C)C. The van der Waals surface area contributed by atoms with E-state index in [-0.39, 0.29) is 24.6 Å². The summed E-state index contributed by atoms with van der Waals surface area (Å²) in [6.45, 7) is 6.61. The van der Waals surface area contributed by atoms with Crippen molar-refractivity contribution in [3.63, 3.8) is 0 Å². The lowest BCUT2D eigenvalue weighted by molar-refractivity contribution is 0.0332. The molecule has 0 spiro atoms. The van der Waals surface area contributed by atoms with Crippen molar-refractivity contribution in [2.75, 3.05) is 6.61 Å². The molecule has 0 bridgehead atoms. The van der Waals surface area contributed by atoms with Gasteiger partial charge in [0.25, 0.3) is 0 Å². The Morgan fingerprint density at radius 3 is 2.70 bits per heavy atom. The lowest BCUT2D eigenvalue weighted by Crippen LogP contribution is -2.15. The van der Waals surface area contributed by atoms with Gasteiger partial charge in [-0.1, -0.05) is 56.3 Å². The second kappa shape index (κ2) is 10.4. The van der Waals surface area contributed by atoms with Gasteiger partial charge in [0.1, 0.15) is 6.10 Å². The number of aromatic nitrogens is 3. The minimum absolute atomic E-state index is 0.269. The van der Waals surface area contributed by atoms with Crippen molar-refractivity contribution in [2.45, 2.75) is 39.9 Å². The molecule has 0 radical (unpaired) electrons. The maximum atomic E-state index is 12.8. The van der Waals surface area contributed by atoms with E-state index in [4.69, 9.17) is 14.5 Å². The molecule has 0 saturated carbocycles. The normalized spacial score (nSPS) is 12.2. The quantitative estimate of drug-likeness (QED) is 0.342. The highest BCUT2D eigenvalue weighted by molar-refractivity contribution is 5.92. The van der Waals surface area contributed by atoms with E-state index < -0.39 is 0 Å². The number of aromatic amines is 1. The molecule has 2 heterocycles. The molecule has 0 saturated heterocycles. The van der Waals surface area contributed by atoms with Crippen molar-refractivity contribution in [2.24, 2.45) is 5.92 Å². The van der Waals surface area contributed by atoms with Crippen LogP contribution >= 0.6 is 0 Å². The Morgan fingerprint density at radius 2 is 1.91 bits per heavy atom. The zero-order chi connectivity index (χ0) is 23.2. The highest BCUT2D eigenvalue weighted by atomic mass is 16.5. The zero-order valence-corrected chi connectivity index (χ0v) is 19.2. The van der Waals surface area contributed by atoms with E-state index in [9.17, 15) is 4.79 Å². The number of nitrogens with one attached hydrogen (secondary N) is 1. The molecule has 0 aliphatic rings. The Morgan fingerprint density at radius 1 is 1.06 bits per heavy atom. The Kier molecular flexibility index (Phi) is 7.15. The van der Waals surface area contributed by atoms with E-state index in [2.05, 4.69) is 16.0 Å². The second-order valence-electron chi connectivity index (χ2n) is 8.61. The fourth-order valence-electron chi connectivity index (χ4n) is 3.76. The van der Waals surface area contributed by atoms with Crippen molar-refractivity contribution in [1.82, 2.24) is 15.0 Å². The maximum absolute atomic E-state index is 12.8. The average Bonchev–Trinajstić information content (AvgIpc) is 3.35. The van der Waals surface area contributed by atoms with E-state index in [1.165, 1.54) is 0 Å². The third-order valence-corrected chi connectivity index (χ3v) is 5.47. The Bertz CT molecular complexity index is 1220. The van der Waals surface area contributed by atoms with E-state index in [0.29, 0.717) is 18.6 Å². The lowest BCUT2D eigenvalue weighted by Gasteiger charge is -2.19. The summed E-state index contributed by atoms with van der Waals surface area (Å²) in [5, 5.41) is 1.10. The standard InChI is InChI=1S/C27H29N3O3/c1-18(2)15-33-27(31)26-19(3)7-6-9-21(26)16-32-25(24-14-28-17-29-24)13-22-12-11-20-8-4-5-10-23(20)30-22/h4-12,14,17-18,25H,13,15-16H2,1-3H3,(H,28,29). The van der Waals surface area contributed by atoms with Crippen LogP contribution < -0.4 is 0 Å². The lowest BCUT2D eigenvalue weighted by atomic mass is 10.0. The third kappa shape index (κ3) is 5.65. The van der Waals surface area contributed by atoms with Gasteiger partial charge >= 0.3 is 5.97 Å². The first-order valence-electron chi connectivity index (χ1n) is 11.2. The molecular weight excluding hydrogens is 414 g/mol. The number of H-pyrrole nitrogens is 1. The molecule has 33 heavy (non-hydrogen) atoms. The number of aryl methyl sites for hydroxylation is 1. The first-order valence-corrected chi connectivity index (χ1v) is 11.2. The molecule has 1 N–H and O–H groups in total. The molecule has 4 rings (SSSR count). The van der Waals surface area contributed by atoms with Crippen LogP contribution in [0.5, 0.6) is 0 Å². The van der Waals surface area contributed by atoms with Crippen LogP contribution in [0.4, 0.5) is 0 Å². The van der Waals surface area contributed by atoms with Crippen LogP contribution in [0.3, 0.4) is 0 Å². The van der Waals surface area contributed by atoms with Gasteiger partial charge in [0.2, 0.25) is 0 Å². The van der Waals surface area contributed by atoms with Gasteiger partial charge in [-0.05, 0) is 36.1 Å². The van der Waals surface area contributed by atoms with E-state index in [1.54, 1.807) is 12.5 Å². The molecule has 0 fully saturated rings. The Hall–Kier alpha value is -3.51. The maximum Gasteiger partial charge on any atom is 0.338 e. The number of carbonyl (C=O) groups excluding carboxylic acids is 1. The monoisotopic (exact) mass is 443 g/mol. The van der Waals surface area contributed by atoms with E-state index >= 15 is 0 Å². The van der Waals surface area contributed by atoms with Crippen molar-refractivity contribution >= 4 is 16.9 Å². The number of carbonyl (C=O) groups is 1. The highest BCUT2D eigenvalue weighted by Crippen LogP contribution is 2.25. The summed E-state index contributed by atoms with van der Waals surface area (Å²) in [7, 11) is 0. The fraction of sp³-hybridized carbons (Fsp3) is 0.296. The van der Waals surface area contributed by atoms with Gasteiger partial charge in [-0.3, -0.25) is 4.98 Å². The third-order valence-electron chi connectivity index (χ3n) is 5.47. The molecule has 1 atom stereocenters. The van der Waals surface area contributed by atoms with Gasteiger partial charge in [-0.2, -0.15) is 0 Å². The fourth-order valence-corrected chi connectivity index (χ4v) is 3.76. The van der Waals surface area contributed by atoms with Crippen LogP contribution in [0.1, 0.15) is 52.8 Å². The largest absolute Gasteiger partial charge is 0.462 e. The van der Waals surface area contributed by atoms with Crippen LogP contribution in [-0.2, 0) is 22.5 Å². The number of pyridine rings is 1. The first kappa shape index (κ1) is 22.7. The number of benzene rings is 2.